The van der Waals surface area contributed by atoms with E-state index in [2.05, 4.69) is 51.7 Å². The Kier molecular flexibility index (Phi) is 10.4. The molecule has 166 valence electrons. The van der Waals surface area contributed by atoms with Crippen LogP contribution in [0.25, 0.3) is 0 Å². The number of guanidine groups is 1. The number of aliphatic imine (C=N–C) groups is 1. The third kappa shape index (κ3) is 6.31. The number of hydrogen-bond donors (Lipinski definition) is 2. The monoisotopic (exact) mass is 527 g/mol. The van der Waals surface area contributed by atoms with Gasteiger partial charge in [0, 0.05) is 25.2 Å². The molecule has 0 aliphatic carbocycles. The van der Waals surface area contributed by atoms with Gasteiger partial charge in [-0.15, -0.1) is 34.2 Å². The summed E-state index contributed by atoms with van der Waals surface area (Å²) in [5.41, 5.74) is 1.21. The molecule has 1 aromatic carbocycles. The largest absolute Gasteiger partial charge is 0.496 e. The Bertz CT molecular complexity index is 789. The fourth-order valence-electron chi connectivity index (χ4n) is 3.78. The first-order chi connectivity index (χ1) is 14.3. The van der Waals surface area contributed by atoms with Gasteiger partial charge in [-0.1, -0.05) is 18.2 Å². The first-order valence-corrected chi connectivity index (χ1v) is 10.5. The Hall–Kier alpha value is -1.88. The average Bonchev–Trinajstić information content (AvgIpc) is 3.44. The number of nitrogens with zero attached hydrogens (tertiary/aromatic N) is 5. The molecule has 1 unspecified atom stereocenters. The van der Waals surface area contributed by atoms with Crippen molar-refractivity contribution in [1.82, 2.24) is 30.3 Å². The van der Waals surface area contributed by atoms with Crippen molar-refractivity contribution in [1.29, 1.82) is 0 Å². The minimum atomic E-state index is 0. The molecule has 9 heteroatoms. The number of rotatable bonds is 9. The molecule has 3 rings (SSSR count). The van der Waals surface area contributed by atoms with Gasteiger partial charge in [-0.25, -0.2) is 4.99 Å². The number of likely N-dealkylation sites (tertiary alicyclic amines) is 1. The highest BCUT2D eigenvalue weighted by Crippen LogP contribution is 2.31. The Balaban J connectivity index is 0.00000320. The van der Waals surface area contributed by atoms with Gasteiger partial charge in [0.05, 0.1) is 13.2 Å². The molecule has 1 aliphatic rings. The van der Waals surface area contributed by atoms with E-state index in [-0.39, 0.29) is 30.0 Å². The van der Waals surface area contributed by atoms with Crippen molar-refractivity contribution in [2.75, 3.05) is 33.3 Å². The molecule has 0 spiro atoms. The molecule has 2 heterocycles. The van der Waals surface area contributed by atoms with E-state index >= 15 is 0 Å². The number of halogens is 1. The topological polar surface area (TPSA) is 79.6 Å². The van der Waals surface area contributed by atoms with Crippen LogP contribution in [0.15, 0.2) is 35.6 Å². The van der Waals surface area contributed by atoms with Gasteiger partial charge in [0.2, 0.25) is 0 Å². The summed E-state index contributed by atoms with van der Waals surface area (Å²) >= 11 is 0. The minimum absolute atomic E-state index is 0. The number of hydrogen-bond acceptors (Lipinski definition) is 5. The molecule has 1 aliphatic heterocycles. The molecule has 0 saturated carbocycles. The SMILES string of the molecule is CCNC(=NCc1nncn1CC)NCC(c1ccccc1OC)N1CCCC1.I. The van der Waals surface area contributed by atoms with Gasteiger partial charge in [-0.3, -0.25) is 4.90 Å². The lowest BCUT2D eigenvalue weighted by atomic mass is 10.0. The maximum absolute atomic E-state index is 5.64. The Morgan fingerprint density at radius 2 is 1.97 bits per heavy atom. The molecule has 2 aromatic rings. The van der Waals surface area contributed by atoms with Crippen LogP contribution < -0.4 is 15.4 Å². The highest BCUT2D eigenvalue weighted by molar-refractivity contribution is 14.0. The van der Waals surface area contributed by atoms with Crippen molar-refractivity contribution in [3.8, 4) is 5.75 Å². The first-order valence-electron chi connectivity index (χ1n) is 10.5. The fourth-order valence-corrected chi connectivity index (χ4v) is 3.78. The summed E-state index contributed by atoms with van der Waals surface area (Å²) in [5, 5.41) is 15.0. The van der Waals surface area contributed by atoms with Gasteiger partial charge >= 0.3 is 0 Å². The van der Waals surface area contributed by atoms with E-state index < -0.39 is 0 Å². The Labute approximate surface area is 196 Å². The van der Waals surface area contributed by atoms with E-state index in [1.54, 1.807) is 13.4 Å². The number of ether oxygens (including phenoxy) is 1. The van der Waals surface area contributed by atoms with E-state index in [9.17, 15) is 0 Å². The number of aromatic nitrogens is 3. The Morgan fingerprint density at radius 3 is 2.67 bits per heavy atom. The van der Waals surface area contributed by atoms with Crippen LogP contribution in [0.5, 0.6) is 5.75 Å². The third-order valence-corrected chi connectivity index (χ3v) is 5.30. The summed E-state index contributed by atoms with van der Waals surface area (Å²) in [7, 11) is 1.74. The second-order valence-electron chi connectivity index (χ2n) is 7.11. The van der Waals surface area contributed by atoms with Crippen LogP contribution in [-0.4, -0.2) is 58.9 Å². The van der Waals surface area contributed by atoms with E-state index in [0.29, 0.717) is 6.54 Å². The van der Waals surface area contributed by atoms with Gasteiger partial charge < -0.3 is 19.9 Å². The zero-order chi connectivity index (χ0) is 20.5. The van der Waals surface area contributed by atoms with Crippen LogP contribution in [0.2, 0.25) is 0 Å². The molecule has 8 nitrogen and oxygen atoms in total. The summed E-state index contributed by atoms with van der Waals surface area (Å²) in [6.45, 7) is 9.26. The number of nitrogens with one attached hydrogen (secondary N) is 2. The number of aryl methyl sites for hydroxylation is 1. The summed E-state index contributed by atoms with van der Waals surface area (Å²) in [6.07, 6.45) is 4.23. The number of methoxy groups -OCH3 is 1. The van der Waals surface area contributed by atoms with Crippen molar-refractivity contribution in [3.05, 3.63) is 42.0 Å². The van der Waals surface area contributed by atoms with Crippen LogP contribution in [0.1, 0.15) is 44.1 Å². The van der Waals surface area contributed by atoms with E-state index in [1.807, 2.05) is 16.7 Å². The normalized spacial score (nSPS) is 15.5. The molecule has 1 aromatic heterocycles. The van der Waals surface area contributed by atoms with Crippen molar-refractivity contribution in [3.63, 3.8) is 0 Å². The summed E-state index contributed by atoms with van der Waals surface area (Å²) in [4.78, 5) is 7.25. The lowest BCUT2D eigenvalue weighted by molar-refractivity contribution is 0.239. The molecule has 0 amide bonds. The summed E-state index contributed by atoms with van der Waals surface area (Å²) in [6, 6.07) is 8.54. The van der Waals surface area contributed by atoms with Crippen molar-refractivity contribution in [2.24, 2.45) is 4.99 Å². The molecular formula is C21H34IN7O. The molecule has 30 heavy (non-hydrogen) atoms. The maximum Gasteiger partial charge on any atom is 0.191 e. The van der Waals surface area contributed by atoms with Gasteiger partial charge in [-0.2, -0.15) is 0 Å². The van der Waals surface area contributed by atoms with Crippen molar-refractivity contribution >= 4 is 29.9 Å². The third-order valence-electron chi connectivity index (χ3n) is 5.30. The lowest BCUT2D eigenvalue weighted by Gasteiger charge is -2.30. The summed E-state index contributed by atoms with van der Waals surface area (Å²) < 4.78 is 7.65. The predicted molar refractivity (Wildman–Crippen MR) is 130 cm³/mol. The van der Waals surface area contributed by atoms with Gasteiger partial charge in [0.15, 0.2) is 11.8 Å². The molecule has 1 atom stereocenters. The average molecular weight is 527 g/mol. The maximum atomic E-state index is 5.64. The van der Waals surface area contributed by atoms with Crippen LogP contribution in [-0.2, 0) is 13.1 Å². The number of para-hydroxylation sites is 1. The zero-order valence-electron chi connectivity index (χ0n) is 18.2. The van der Waals surface area contributed by atoms with E-state index in [4.69, 9.17) is 9.73 Å². The quantitative estimate of drug-likeness (QED) is 0.297. The van der Waals surface area contributed by atoms with Crippen LogP contribution in [0, 0.1) is 0 Å². The second kappa shape index (κ2) is 12.7. The smallest absolute Gasteiger partial charge is 0.191 e. The van der Waals surface area contributed by atoms with Gasteiger partial charge in [-0.05, 0) is 45.8 Å². The molecular weight excluding hydrogens is 493 g/mol. The lowest BCUT2D eigenvalue weighted by Crippen LogP contribution is -2.42. The predicted octanol–water partition coefficient (Wildman–Crippen LogP) is 2.82. The minimum Gasteiger partial charge on any atom is -0.496 e. The molecule has 0 radical (unpaired) electrons. The van der Waals surface area contributed by atoms with Gasteiger partial charge in [0.25, 0.3) is 0 Å². The molecule has 2 N–H and O–H groups in total. The molecule has 0 bridgehead atoms. The van der Waals surface area contributed by atoms with Crippen LogP contribution in [0.4, 0.5) is 0 Å². The number of benzene rings is 1. The van der Waals surface area contributed by atoms with E-state index in [0.717, 1.165) is 50.3 Å². The second-order valence-corrected chi connectivity index (χ2v) is 7.11. The standard InChI is InChI=1S/C21H33N7O.HI/c1-4-22-21(24-15-20-26-25-16-27(20)5-2)23-14-18(28-12-8-9-13-28)17-10-6-7-11-19(17)29-3;/h6-7,10-11,16,18H,4-5,8-9,12-15H2,1-3H3,(H2,22,23,24);1H. The highest BCUT2D eigenvalue weighted by atomic mass is 127. The molecule has 1 fully saturated rings. The first kappa shape index (κ1) is 24.4. The highest BCUT2D eigenvalue weighted by Gasteiger charge is 2.26. The molecule has 1 saturated heterocycles. The Morgan fingerprint density at radius 1 is 1.20 bits per heavy atom. The van der Waals surface area contributed by atoms with Crippen molar-refractivity contribution < 1.29 is 4.74 Å². The fraction of sp³-hybridized carbons (Fsp3) is 0.571. The van der Waals surface area contributed by atoms with Crippen LogP contribution in [0.3, 0.4) is 0 Å². The van der Waals surface area contributed by atoms with Crippen LogP contribution >= 0.6 is 24.0 Å². The van der Waals surface area contributed by atoms with Crippen molar-refractivity contribution in [2.45, 2.75) is 45.8 Å². The summed E-state index contributed by atoms with van der Waals surface area (Å²) in [5.74, 6) is 2.59. The zero-order valence-corrected chi connectivity index (χ0v) is 20.5. The van der Waals surface area contributed by atoms with E-state index in [1.165, 1.54) is 18.4 Å². The van der Waals surface area contributed by atoms with Gasteiger partial charge in [0.1, 0.15) is 18.6 Å².